The molecule has 0 saturated carbocycles. The van der Waals surface area contributed by atoms with Gasteiger partial charge in [0.1, 0.15) is 4.70 Å². The van der Waals surface area contributed by atoms with Gasteiger partial charge in [-0.2, -0.15) is 0 Å². The van der Waals surface area contributed by atoms with E-state index in [1.807, 2.05) is 47.8 Å². The van der Waals surface area contributed by atoms with Crippen molar-refractivity contribution in [2.75, 3.05) is 0 Å². The summed E-state index contributed by atoms with van der Waals surface area (Å²) >= 11 is 1.33. The van der Waals surface area contributed by atoms with Crippen LogP contribution in [0.2, 0.25) is 0 Å². The van der Waals surface area contributed by atoms with Crippen LogP contribution < -0.4 is 5.56 Å². The Morgan fingerprint density at radius 3 is 2.57 bits per heavy atom. The fraction of sp³-hybridized carbons (Fsp3) is 0.0556. The summed E-state index contributed by atoms with van der Waals surface area (Å²) in [5.41, 5.74) is 2.85. The smallest absolute Gasteiger partial charge is 0.301 e. The number of rotatable bonds is 2. The molecule has 2 aromatic carbocycles. The maximum atomic E-state index is 12.2. The van der Waals surface area contributed by atoms with Crippen molar-refractivity contribution in [2.45, 2.75) is 6.61 Å². The molecular formula is C18H13NO3S. The zero-order valence-corrected chi connectivity index (χ0v) is 12.9. The van der Waals surface area contributed by atoms with Crippen LogP contribution in [0.15, 0.2) is 58.7 Å². The zero-order chi connectivity index (χ0) is 16.0. The van der Waals surface area contributed by atoms with E-state index < -0.39 is 5.56 Å². The van der Waals surface area contributed by atoms with E-state index in [0.29, 0.717) is 10.2 Å². The fourth-order valence-corrected chi connectivity index (χ4v) is 3.73. The Morgan fingerprint density at radius 1 is 1.04 bits per heavy atom. The number of aromatic nitrogens is 1. The van der Waals surface area contributed by atoms with Crippen LogP contribution in [0.25, 0.3) is 32.1 Å². The molecule has 0 fully saturated rings. The third kappa shape index (κ3) is 2.05. The van der Waals surface area contributed by atoms with Gasteiger partial charge in [-0.15, -0.1) is 16.1 Å². The molecule has 0 atom stereocenters. The minimum atomic E-state index is -0.393. The van der Waals surface area contributed by atoms with E-state index in [1.165, 1.54) is 11.3 Å². The molecule has 0 bridgehead atoms. The zero-order valence-electron chi connectivity index (χ0n) is 12.1. The molecule has 0 aliphatic carbocycles. The Hall–Kier alpha value is -2.63. The summed E-state index contributed by atoms with van der Waals surface area (Å²) in [7, 11) is 0. The largest absolute Gasteiger partial charge is 0.425 e. The fourth-order valence-electron chi connectivity index (χ4n) is 2.91. The number of aliphatic hydroxyl groups is 1. The van der Waals surface area contributed by atoms with E-state index >= 15 is 0 Å². The predicted molar refractivity (Wildman–Crippen MR) is 92.1 cm³/mol. The second-order valence-corrected chi connectivity index (χ2v) is 6.25. The van der Waals surface area contributed by atoms with Crippen LogP contribution >= 0.6 is 11.3 Å². The molecule has 4 nitrogen and oxygen atoms in total. The van der Waals surface area contributed by atoms with Gasteiger partial charge in [0.05, 0.1) is 12.1 Å². The van der Waals surface area contributed by atoms with Crippen molar-refractivity contribution in [3.8, 4) is 11.1 Å². The third-order valence-electron chi connectivity index (χ3n) is 4.04. The van der Waals surface area contributed by atoms with E-state index in [-0.39, 0.29) is 6.61 Å². The number of hydrogen-bond acceptors (Lipinski definition) is 4. The average molecular weight is 323 g/mol. The van der Waals surface area contributed by atoms with E-state index in [9.17, 15) is 15.1 Å². The molecule has 2 heterocycles. The number of benzene rings is 2. The van der Waals surface area contributed by atoms with Gasteiger partial charge >= 0.3 is 5.56 Å². The first-order chi connectivity index (χ1) is 11.2. The summed E-state index contributed by atoms with van der Waals surface area (Å²) in [4.78, 5) is 12.2. The molecule has 23 heavy (non-hydrogen) atoms. The van der Waals surface area contributed by atoms with Gasteiger partial charge < -0.3 is 10.3 Å². The molecule has 2 aromatic heterocycles. The van der Waals surface area contributed by atoms with Crippen molar-refractivity contribution in [1.82, 2.24) is 4.73 Å². The van der Waals surface area contributed by atoms with Crippen molar-refractivity contribution in [3.63, 3.8) is 0 Å². The minimum Gasteiger partial charge on any atom is -0.425 e. The maximum Gasteiger partial charge on any atom is 0.301 e. The first-order valence-corrected chi connectivity index (χ1v) is 8.03. The van der Waals surface area contributed by atoms with Crippen LogP contribution in [0.1, 0.15) is 5.56 Å². The summed E-state index contributed by atoms with van der Waals surface area (Å²) in [5, 5.41) is 22.9. The topological polar surface area (TPSA) is 62.5 Å². The monoisotopic (exact) mass is 323 g/mol. The second-order valence-electron chi connectivity index (χ2n) is 5.34. The van der Waals surface area contributed by atoms with Crippen molar-refractivity contribution >= 4 is 32.3 Å². The van der Waals surface area contributed by atoms with Crippen LogP contribution in [0.5, 0.6) is 0 Å². The summed E-state index contributed by atoms with van der Waals surface area (Å²) in [6.45, 7) is 0.000769. The number of aliphatic hydroxyl groups excluding tert-OH is 1. The van der Waals surface area contributed by atoms with Crippen LogP contribution in [-0.2, 0) is 6.61 Å². The Bertz CT molecular complexity index is 1080. The number of fused-ring (bicyclic) bond motifs is 3. The Balaban J connectivity index is 2.13. The Morgan fingerprint density at radius 2 is 1.83 bits per heavy atom. The highest BCUT2D eigenvalue weighted by Crippen LogP contribution is 2.34. The average Bonchev–Trinajstić information content (AvgIpc) is 3.09. The molecule has 2 N–H and O–H groups in total. The van der Waals surface area contributed by atoms with Crippen molar-refractivity contribution < 1.29 is 10.3 Å². The SMILES string of the molecule is O=c1c2sccc2c2c(-c3ccc(CO)cc3)cccc2n1O. The van der Waals surface area contributed by atoms with Crippen LogP contribution in [0.3, 0.4) is 0 Å². The summed E-state index contributed by atoms with van der Waals surface area (Å²) in [6.07, 6.45) is 0. The van der Waals surface area contributed by atoms with Crippen LogP contribution in [0.4, 0.5) is 0 Å². The van der Waals surface area contributed by atoms with E-state index in [2.05, 4.69) is 0 Å². The third-order valence-corrected chi connectivity index (χ3v) is 4.94. The van der Waals surface area contributed by atoms with Gasteiger partial charge in [-0.3, -0.25) is 4.79 Å². The van der Waals surface area contributed by atoms with Gasteiger partial charge in [0.25, 0.3) is 0 Å². The molecule has 0 unspecified atom stereocenters. The highest BCUT2D eigenvalue weighted by atomic mass is 32.1. The van der Waals surface area contributed by atoms with Gasteiger partial charge in [0, 0.05) is 10.8 Å². The number of hydrogen-bond donors (Lipinski definition) is 2. The lowest BCUT2D eigenvalue weighted by atomic mass is 9.98. The van der Waals surface area contributed by atoms with E-state index in [4.69, 9.17) is 0 Å². The van der Waals surface area contributed by atoms with Crippen molar-refractivity contribution in [3.05, 3.63) is 69.8 Å². The number of nitrogens with zero attached hydrogens (tertiary/aromatic N) is 1. The maximum absolute atomic E-state index is 12.2. The Labute approximate surface area is 135 Å². The van der Waals surface area contributed by atoms with Gasteiger partial charge in [-0.25, -0.2) is 0 Å². The predicted octanol–water partition coefficient (Wildman–Crippen LogP) is 3.61. The first kappa shape index (κ1) is 14.0. The molecule has 5 heteroatoms. The highest BCUT2D eigenvalue weighted by molar-refractivity contribution is 7.17. The van der Waals surface area contributed by atoms with Gasteiger partial charge in [-0.1, -0.05) is 36.4 Å². The molecule has 0 spiro atoms. The lowest BCUT2D eigenvalue weighted by molar-refractivity contribution is 0.190. The summed E-state index contributed by atoms with van der Waals surface area (Å²) in [5.74, 6) is 0. The van der Waals surface area contributed by atoms with Crippen LogP contribution in [-0.4, -0.2) is 15.0 Å². The lowest BCUT2D eigenvalue weighted by Crippen LogP contribution is -2.17. The molecule has 0 amide bonds. The number of pyridine rings is 1. The molecule has 4 rings (SSSR count). The van der Waals surface area contributed by atoms with Crippen molar-refractivity contribution in [1.29, 1.82) is 0 Å². The highest BCUT2D eigenvalue weighted by Gasteiger charge is 2.15. The molecule has 0 aliphatic rings. The van der Waals surface area contributed by atoms with Crippen molar-refractivity contribution in [2.24, 2.45) is 0 Å². The van der Waals surface area contributed by atoms with E-state index in [0.717, 1.165) is 32.2 Å². The molecule has 0 saturated heterocycles. The molecule has 114 valence electrons. The molecular weight excluding hydrogens is 310 g/mol. The minimum absolute atomic E-state index is 0.000769. The molecule has 0 aliphatic heterocycles. The first-order valence-electron chi connectivity index (χ1n) is 7.15. The standard InChI is InChI=1S/C18H13NO3S/c20-10-11-4-6-12(7-5-11)13-2-1-3-15-16(13)14-8-9-23-17(14)18(21)19(15)22/h1-9,20,22H,10H2. The molecule has 0 radical (unpaired) electrons. The summed E-state index contributed by atoms with van der Waals surface area (Å²) in [6, 6.07) is 15.0. The summed E-state index contributed by atoms with van der Waals surface area (Å²) < 4.78 is 1.26. The van der Waals surface area contributed by atoms with Crippen LogP contribution in [0, 0.1) is 0 Å². The molecule has 4 aromatic rings. The van der Waals surface area contributed by atoms with Gasteiger partial charge in [-0.05, 0) is 34.2 Å². The van der Waals surface area contributed by atoms with E-state index in [1.54, 1.807) is 6.07 Å². The van der Waals surface area contributed by atoms with Gasteiger partial charge in [0.2, 0.25) is 0 Å². The normalized spacial score (nSPS) is 11.3. The Kier molecular flexibility index (Phi) is 3.18. The lowest BCUT2D eigenvalue weighted by Gasteiger charge is -2.11. The number of thiophene rings is 1. The second kappa shape index (κ2) is 5.22. The van der Waals surface area contributed by atoms with Gasteiger partial charge in [0.15, 0.2) is 0 Å². The quantitative estimate of drug-likeness (QED) is 0.554.